The highest BCUT2D eigenvalue weighted by atomic mass is 32.1. The van der Waals surface area contributed by atoms with E-state index in [9.17, 15) is 4.79 Å². The standard InChI is InChI=1S/C25H28N2O4S/c1-29-19-7-4-6-17(12-19)16-27-10-9-18-13-22(30-2)23(31-3)14-20(18)21(27)15-26-25(28)24-8-5-11-32-24/h4-8,11-14,21H,9-10,15-16H2,1-3H3,(H,26,28)/t21-/m1/s1. The van der Waals surface area contributed by atoms with E-state index < -0.39 is 0 Å². The number of carbonyl (C=O) groups excluding carboxylic acids is 1. The Morgan fingerprint density at radius 2 is 1.88 bits per heavy atom. The fraction of sp³-hybridized carbons (Fsp3) is 0.320. The molecule has 0 fully saturated rings. The number of hydrogen-bond acceptors (Lipinski definition) is 6. The first-order valence-corrected chi connectivity index (χ1v) is 11.4. The second-order valence-electron chi connectivity index (χ2n) is 7.68. The number of ether oxygens (including phenoxy) is 3. The molecule has 0 saturated heterocycles. The molecule has 0 aliphatic carbocycles. The van der Waals surface area contributed by atoms with Crippen LogP contribution in [-0.4, -0.2) is 45.2 Å². The molecule has 1 N–H and O–H groups in total. The number of amides is 1. The Bertz CT molecular complexity index is 1070. The van der Waals surface area contributed by atoms with Gasteiger partial charge in [0.05, 0.1) is 32.2 Å². The van der Waals surface area contributed by atoms with E-state index in [1.807, 2.05) is 35.7 Å². The van der Waals surface area contributed by atoms with Gasteiger partial charge in [0.2, 0.25) is 0 Å². The molecule has 0 bridgehead atoms. The summed E-state index contributed by atoms with van der Waals surface area (Å²) in [5.74, 6) is 2.22. The van der Waals surface area contributed by atoms with Crippen LogP contribution in [0, 0.1) is 0 Å². The van der Waals surface area contributed by atoms with Gasteiger partial charge in [-0.05, 0) is 58.8 Å². The lowest BCUT2D eigenvalue weighted by Crippen LogP contribution is -2.41. The van der Waals surface area contributed by atoms with Crippen molar-refractivity contribution in [2.75, 3.05) is 34.4 Å². The summed E-state index contributed by atoms with van der Waals surface area (Å²) in [6.07, 6.45) is 0.898. The van der Waals surface area contributed by atoms with E-state index in [-0.39, 0.29) is 11.9 Å². The highest BCUT2D eigenvalue weighted by Crippen LogP contribution is 2.38. The Hall–Kier alpha value is -3.03. The first kappa shape index (κ1) is 22.2. The van der Waals surface area contributed by atoms with Gasteiger partial charge in [0.15, 0.2) is 11.5 Å². The summed E-state index contributed by atoms with van der Waals surface area (Å²) in [5, 5.41) is 5.05. The van der Waals surface area contributed by atoms with Crippen LogP contribution < -0.4 is 19.5 Å². The molecule has 4 rings (SSSR count). The summed E-state index contributed by atoms with van der Waals surface area (Å²) >= 11 is 1.45. The average Bonchev–Trinajstić information content (AvgIpc) is 3.37. The Labute approximate surface area is 192 Å². The Kier molecular flexibility index (Phi) is 6.97. The summed E-state index contributed by atoms with van der Waals surface area (Å²) in [7, 11) is 4.98. The first-order valence-electron chi connectivity index (χ1n) is 10.6. The maximum Gasteiger partial charge on any atom is 0.261 e. The number of rotatable bonds is 8. The van der Waals surface area contributed by atoms with Gasteiger partial charge in [-0.25, -0.2) is 0 Å². The zero-order valence-electron chi connectivity index (χ0n) is 18.6. The fourth-order valence-corrected chi connectivity index (χ4v) is 4.84. The maximum absolute atomic E-state index is 12.7. The van der Waals surface area contributed by atoms with Crippen molar-refractivity contribution < 1.29 is 19.0 Å². The normalized spacial score (nSPS) is 15.7. The van der Waals surface area contributed by atoms with Gasteiger partial charge in [0, 0.05) is 19.6 Å². The van der Waals surface area contributed by atoms with E-state index in [4.69, 9.17) is 14.2 Å². The van der Waals surface area contributed by atoms with E-state index in [1.54, 1.807) is 21.3 Å². The van der Waals surface area contributed by atoms with Crippen molar-refractivity contribution in [3.05, 3.63) is 75.5 Å². The molecule has 1 aromatic heterocycles. The number of fused-ring (bicyclic) bond motifs is 1. The van der Waals surface area contributed by atoms with E-state index >= 15 is 0 Å². The lowest BCUT2D eigenvalue weighted by Gasteiger charge is -2.38. The number of methoxy groups -OCH3 is 3. The van der Waals surface area contributed by atoms with E-state index in [1.165, 1.54) is 22.5 Å². The maximum atomic E-state index is 12.7. The third kappa shape index (κ3) is 4.74. The number of hydrogen-bond donors (Lipinski definition) is 1. The van der Waals surface area contributed by atoms with Crippen LogP contribution in [0.2, 0.25) is 0 Å². The number of nitrogens with one attached hydrogen (secondary N) is 1. The van der Waals surface area contributed by atoms with Crippen molar-refractivity contribution in [3.8, 4) is 17.2 Å². The van der Waals surface area contributed by atoms with Gasteiger partial charge in [0.1, 0.15) is 5.75 Å². The second kappa shape index (κ2) is 10.1. The molecule has 2 aromatic carbocycles. The van der Waals surface area contributed by atoms with Crippen LogP contribution in [0.4, 0.5) is 0 Å². The third-order valence-corrected chi connectivity index (χ3v) is 6.70. The molecular formula is C25H28N2O4S. The van der Waals surface area contributed by atoms with Crippen molar-refractivity contribution in [3.63, 3.8) is 0 Å². The van der Waals surface area contributed by atoms with Crippen LogP contribution in [-0.2, 0) is 13.0 Å². The summed E-state index contributed by atoms with van der Waals surface area (Å²) < 4.78 is 16.5. The summed E-state index contributed by atoms with van der Waals surface area (Å²) in [4.78, 5) is 15.8. The summed E-state index contributed by atoms with van der Waals surface area (Å²) in [6.45, 7) is 2.13. The molecule has 1 aliphatic rings. The lowest BCUT2D eigenvalue weighted by molar-refractivity contribution is 0.0930. The second-order valence-corrected chi connectivity index (χ2v) is 8.63. The minimum Gasteiger partial charge on any atom is -0.497 e. The molecular weight excluding hydrogens is 424 g/mol. The topological polar surface area (TPSA) is 60.0 Å². The molecule has 7 heteroatoms. The van der Waals surface area contributed by atoms with Crippen molar-refractivity contribution in [2.24, 2.45) is 0 Å². The van der Waals surface area contributed by atoms with Crippen LogP contribution >= 0.6 is 11.3 Å². The van der Waals surface area contributed by atoms with Gasteiger partial charge >= 0.3 is 0 Å². The predicted molar refractivity (Wildman–Crippen MR) is 126 cm³/mol. The van der Waals surface area contributed by atoms with Crippen LogP contribution in [0.3, 0.4) is 0 Å². The molecule has 0 radical (unpaired) electrons. The highest BCUT2D eigenvalue weighted by Gasteiger charge is 2.30. The van der Waals surface area contributed by atoms with Crippen molar-refractivity contribution >= 4 is 17.2 Å². The zero-order chi connectivity index (χ0) is 22.5. The van der Waals surface area contributed by atoms with Crippen LogP contribution in [0.15, 0.2) is 53.9 Å². The van der Waals surface area contributed by atoms with Crippen molar-refractivity contribution in [2.45, 2.75) is 19.0 Å². The molecule has 168 valence electrons. The van der Waals surface area contributed by atoms with Crippen LogP contribution in [0.25, 0.3) is 0 Å². The molecule has 2 heterocycles. The number of nitrogens with zero attached hydrogens (tertiary/aromatic N) is 1. The minimum absolute atomic E-state index is 0.00803. The van der Waals surface area contributed by atoms with Crippen molar-refractivity contribution in [1.82, 2.24) is 10.2 Å². The number of benzene rings is 2. The SMILES string of the molecule is COc1cccc(CN2CCc3cc(OC)c(OC)cc3[C@H]2CNC(=O)c2cccs2)c1. The van der Waals surface area contributed by atoms with Gasteiger partial charge < -0.3 is 19.5 Å². The van der Waals surface area contributed by atoms with Crippen molar-refractivity contribution in [1.29, 1.82) is 0 Å². The quantitative estimate of drug-likeness (QED) is 0.552. The minimum atomic E-state index is -0.0473. The summed E-state index contributed by atoms with van der Waals surface area (Å²) in [5.41, 5.74) is 3.55. The summed E-state index contributed by atoms with van der Waals surface area (Å²) in [6, 6.07) is 16.0. The monoisotopic (exact) mass is 452 g/mol. The third-order valence-electron chi connectivity index (χ3n) is 5.83. The Morgan fingerprint density at radius 3 is 2.59 bits per heavy atom. The van der Waals surface area contributed by atoms with Gasteiger partial charge in [-0.3, -0.25) is 9.69 Å². The molecule has 0 unspecified atom stereocenters. The highest BCUT2D eigenvalue weighted by molar-refractivity contribution is 7.12. The molecule has 1 aliphatic heterocycles. The molecule has 0 saturated carbocycles. The van der Waals surface area contributed by atoms with E-state index in [2.05, 4.69) is 28.4 Å². The smallest absolute Gasteiger partial charge is 0.261 e. The molecule has 1 amide bonds. The molecule has 0 spiro atoms. The Balaban J connectivity index is 1.63. The molecule has 32 heavy (non-hydrogen) atoms. The van der Waals surface area contributed by atoms with Crippen LogP contribution in [0.5, 0.6) is 17.2 Å². The van der Waals surface area contributed by atoms with Gasteiger partial charge in [0.25, 0.3) is 5.91 Å². The largest absolute Gasteiger partial charge is 0.497 e. The molecule has 3 aromatic rings. The zero-order valence-corrected chi connectivity index (χ0v) is 19.4. The lowest BCUT2D eigenvalue weighted by atomic mass is 9.91. The van der Waals surface area contributed by atoms with Gasteiger partial charge in [-0.15, -0.1) is 11.3 Å². The number of thiophene rings is 1. The molecule has 1 atom stereocenters. The fourth-order valence-electron chi connectivity index (χ4n) is 4.20. The van der Waals surface area contributed by atoms with E-state index in [0.29, 0.717) is 17.2 Å². The predicted octanol–water partition coefficient (Wildman–Crippen LogP) is 4.30. The van der Waals surface area contributed by atoms with Gasteiger partial charge in [-0.2, -0.15) is 0 Å². The average molecular weight is 453 g/mol. The van der Waals surface area contributed by atoms with E-state index in [0.717, 1.165) is 36.6 Å². The first-order chi connectivity index (χ1) is 15.6. The Morgan fingerprint density at radius 1 is 1.06 bits per heavy atom. The number of carbonyl (C=O) groups is 1. The molecule has 6 nitrogen and oxygen atoms in total. The van der Waals surface area contributed by atoms with Crippen LogP contribution in [0.1, 0.15) is 32.4 Å². The van der Waals surface area contributed by atoms with Gasteiger partial charge in [-0.1, -0.05) is 18.2 Å².